The quantitative estimate of drug-likeness (QED) is 0.147. The van der Waals surface area contributed by atoms with Crippen LogP contribution in [-0.2, 0) is 0 Å². The first-order valence-corrected chi connectivity index (χ1v) is 30.5. The summed E-state index contributed by atoms with van der Waals surface area (Å²) in [5.74, 6) is 1.76. The fourth-order valence-electron chi connectivity index (χ4n) is 16.2. The van der Waals surface area contributed by atoms with E-state index in [1.54, 1.807) is 0 Å². The van der Waals surface area contributed by atoms with Gasteiger partial charge in [-0.3, -0.25) is 0 Å². The van der Waals surface area contributed by atoms with Crippen molar-refractivity contribution < 1.29 is 4.74 Å². The van der Waals surface area contributed by atoms with Gasteiger partial charge >= 0.3 is 0 Å². The lowest BCUT2D eigenvalue weighted by atomic mass is 9.28. The number of hydrogen-bond donors (Lipinski definition) is 0. The van der Waals surface area contributed by atoms with Gasteiger partial charge in [0.15, 0.2) is 11.5 Å². The molecule has 0 spiro atoms. The minimum atomic E-state index is -0.182. The maximum atomic E-state index is 7.23. The highest BCUT2D eigenvalue weighted by molar-refractivity contribution is 7.06. The van der Waals surface area contributed by atoms with Gasteiger partial charge in [0.2, 0.25) is 0 Å². The Morgan fingerprint density at radius 2 is 0.568 bits per heavy atom. The summed E-state index contributed by atoms with van der Waals surface area (Å²) in [7, 11) is 0. The number of benzene rings is 13. The molecule has 7 aliphatic rings. The number of para-hydroxylation sites is 10. The summed E-state index contributed by atoms with van der Waals surface area (Å²) in [6, 6.07) is 110. The second kappa shape index (κ2) is 18.1. The summed E-state index contributed by atoms with van der Waals surface area (Å²) in [6.07, 6.45) is 0. The molecule has 0 saturated carbocycles. The third-order valence-corrected chi connectivity index (χ3v) is 19.5. The number of fused-ring (bicyclic) bond motifs is 10. The van der Waals surface area contributed by atoms with E-state index in [0.717, 1.165) is 96.8 Å². The van der Waals surface area contributed by atoms with Crippen molar-refractivity contribution in [2.45, 2.75) is 0 Å². The molecule has 7 nitrogen and oxygen atoms in total. The molecule has 7 heterocycles. The van der Waals surface area contributed by atoms with Gasteiger partial charge in [0.05, 0.1) is 17.1 Å². The minimum Gasteiger partial charge on any atom is -0.453 e. The molecule has 0 N–H and O–H groups in total. The van der Waals surface area contributed by atoms with Crippen molar-refractivity contribution >= 4 is 172 Å². The molecule has 10 heteroatoms. The summed E-state index contributed by atoms with van der Waals surface area (Å²) >= 11 is 0. The van der Waals surface area contributed by atoms with Gasteiger partial charge in [-0.25, -0.2) is 0 Å². The molecule has 406 valence electrons. The van der Waals surface area contributed by atoms with Gasteiger partial charge in [0.25, 0.3) is 20.1 Å². The van der Waals surface area contributed by atoms with Crippen molar-refractivity contribution in [2.75, 3.05) is 29.4 Å². The van der Waals surface area contributed by atoms with E-state index in [4.69, 9.17) is 4.74 Å². The van der Waals surface area contributed by atoms with E-state index < -0.39 is 0 Å². The molecule has 88 heavy (non-hydrogen) atoms. The number of nitrogens with zero attached hydrogens (tertiary/aromatic N) is 6. The Morgan fingerprint density at radius 1 is 0.227 bits per heavy atom. The van der Waals surface area contributed by atoms with Gasteiger partial charge in [-0.15, -0.1) is 0 Å². The van der Waals surface area contributed by atoms with Crippen LogP contribution in [0.3, 0.4) is 0 Å². The highest BCUT2D eigenvalue weighted by Crippen LogP contribution is 2.57. The van der Waals surface area contributed by atoms with E-state index in [0.29, 0.717) is 0 Å². The molecule has 7 aliphatic heterocycles. The van der Waals surface area contributed by atoms with Gasteiger partial charge in [-0.1, -0.05) is 176 Å². The minimum absolute atomic E-state index is 0.0610. The average molecular weight is 1120 g/mol. The Labute approximate surface area is 511 Å². The Morgan fingerprint density at radius 3 is 1.01 bits per heavy atom. The lowest BCUT2D eigenvalue weighted by molar-refractivity contribution is 0.478. The zero-order chi connectivity index (χ0) is 57.3. The van der Waals surface area contributed by atoms with E-state index in [9.17, 15) is 0 Å². The van der Waals surface area contributed by atoms with Gasteiger partial charge in [0.1, 0.15) is 0 Å². The van der Waals surface area contributed by atoms with Crippen LogP contribution in [0.4, 0.5) is 102 Å². The maximum absolute atomic E-state index is 7.23. The van der Waals surface area contributed by atoms with Crippen molar-refractivity contribution in [1.29, 1.82) is 0 Å². The highest BCUT2D eigenvalue weighted by Gasteiger charge is 2.55. The maximum Gasteiger partial charge on any atom is 0.252 e. The molecule has 0 aliphatic carbocycles. The molecule has 0 atom stereocenters. The average Bonchev–Trinajstić information content (AvgIpc) is 0.673. The van der Waals surface area contributed by atoms with Gasteiger partial charge < -0.3 is 34.1 Å². The van der Waals surface area contributed by atoms with Gasteiger partial charge in [0, 0.05) is 85.3 Å². The fourth-order valence-corrected chi connectivity index (χ4v) is 16.2. The second-order valence-electron chi connectivity index (χ2n) is 23.9. The Kier molecular flexibility index (Phi) is 9.86. The van der Waals surface area contributed by atoms with Crippen LogP contribution in [0.2, 0.25) is 0 Å². The third kappa shape index (κ3) is 6.45. The summed E-state index contributed by atoms with van der Waals surface area (Å²) in [5, 5.41) is 0. The zero-order valence-corrected chi connectivity index (χ0v) is 47.6. The van der Waals surface area contributed by atoms with Crippen LogP contribution in [0.1, 0.15) is 0 Å². The van der Waals surface area contributed by atoms with E-state index >= 15 is 0 Å². The largest absolute Gasteiger partial charge is 0.453 e. The van der Waals surface area contributed by atoms with Crippen molar-refractivity contribution in [2.24, 2.45) is 0 Å². The van der Waals surface area contributed by atoms with Gasteiger partial charge in [-0.2, -0.15) is 0 Å². The summed E-state index contributed by atoms with van der Waals surface area (Å²) < 4.78 is 7.23. The Balaban J connectivity index is 0.923. The van der Waals surface area contributed by atoms with Crippen molar-refractivity contribution in [3.8, 4) is 11.5 Å². The monoisotopic (exact) mass is 1120 g/mol. The molecule has 0 radical (unpaired) electrons. The van der Waals surface area contributed by atoms with Crippen LogP contribution < -0.4 is 83.3 Å². The first-order valence-electron chi connectivity index (χ1n) is 30.5. The predicted octanol–water partition coefficient (Wildman–Crippen LogP) is 14.0. The molecule has 0 saturated heterocycles. The van der Waals surface area contributed by atoms with Crippen LogP contribution in [0, 0.1) is 0 Å². The highest BCUT2D eigenvalue weighted by atomic mass is 16.5. The molecule has 0 amide bonds. The standard InChI is InChI=1S/C78H49B3N6O/c1-7-25-50(26-8-1)82(51-27-9-2-10-28-51)56-45-67-73-68(46-56)85(54-33-15-5-16-34-54)65-48-66-62(47-61(65)80(73)58-38-20-22-42-64(58)83(67)52-29-11-3-12-30-52)81-60-40-24-44-72-77(60)87-76-59(39-23-43-71(76)88-72)79-57-37-19-21-41-63(57)84(53-31-13-4-14-32-53)69-49-70(75(81)78(87)74(69)79)86(66)55-35-17-6-18-36-55/h1-49H. The Bertz CT molecular complexity index is 5040. The SMILES string of the molecule is c1ccc(N(c2ccccc2)c2cc3c4c(c2)N(c2ccccc2)c2cc5c(cc2B4c2ccccc2N3c2ccccc2)B2c3cccc4c3N3c6c(cccc6B6c7ccccc7N(c7ccccc7)c7cc(c2c3c76)N5c2ccccc2)O4)cc1. The lowest BCUT2D eigenvalue weighted by Gasteiger charge is -2.52. The van der Waals surface area contributed by atoms with Crippen molar-refractivity contribution in [1.82, 2.24) is 0 Å². The van der Waals surface area contributed by atoms with Gasteiger partial charge in [-0.05, 0) is 170 Å². The fraction of sp³-hybridized carbons (Fsp3) is 0. The molecule has 13 aromatic carbocycles. The Hall–Kier alpha value is -11.3. The smallest absolute Gasteiger partial charge is 0.252 e. The van der Waals surface area contributed by atoms with Crippen LogP contribution in [0.5, 0.6) is 11.5 Å². The second-order valence-corrected chi connectivity index (χ2v) is 23.9. The molecule has 0 fully saturated rings. The normalized spacial score (nSPS) is 14.0. The first kappa shape index (κ1) is 48.0. The van der Waals surface area contributed by atoms with E-state index in [1.165, 1.54) is 66.2 Å². The van der Waals surface area contributed by atoms with Crippen molar-refractivity contribution in [3.63, 3.8) is 0 Å². The van der Waals surface area contributed by atoms with Crippen LogP contribution in [0.25, 0.3) is 0 Å². The number of hydrogen-bond acceptors (Lipinski definition) is 7. The van der Waals surface area contributed by atoms with Crippen LogP contribution >= 0.6 is 0 Å². The third-order valence-electron chi connectivity index (χ3n) is 19.5. The van der Waals surface area contributed by atoms with Crippen LogP contribution in [-0.4, -0.2) is 20.1 Å². The van der Waals surface area contributed by atoms with E-state index in [1.807, 2.05) is 0 Å². The molecule has 0 unspecified atom stereocenters. The lowest BCUT2D eigenvalue weighted by Crippen LogP contribution is -2.69. The molecule has 20 rings (SSSR count). The molecule has 0 bridgehead atoms. The van der Waals surface area contributed by atoms with Crippen LogP contribution in [0.15, 0.2) is 297 Å². The van der Waals surface area contributed by atoms with E-state index in [2.05, 4.69) is 327 Å². The summed E-state index contributed by atoms with van der Waals surface area (Å²) in [4.78, 5) is 15.3. The number of ether oxygens (including phenoxy) is 1. The first-order chi connectivity index (χ1) is 43.7. The molecule has 0 aromatic heterocycles. The number of rotatable bonds is 7. The molecule has 13 aromatic rings. The summed E-state index contributed by atoms with van der Waals surface area (Å²) in [6.45, 7) is -0.402. The molecular formula is C78H49B3N6O. The zero-order valence-electron chi connectivity index (χ0n) is 47.6. The predicted molar refractivity (Wildman–Crippen MR) is 369 cm³/mol. The molecular weight excluding hydrogens is 1070 g/mol. The van der Waals surface area contributed by atoms with E-state index in [-0.39, 0.29) is 20.1 Å². The summed E-state index contributed by atoms with van der Waals surface area (Å²) in [5.41, 5.74) is 31.8. The van der Waals surface area contributed by atoms with Crippen molar-refractivity contribution in [3.05, 3.63) is 297 Å². The topological polar surface area (TPSA) is 28.7 Å². The number of anilines is 18.